The zero-order valence-corrected chi connectivity index (χ0v) is 11.1. The van der Waals surface area contributed by atoms with E-state index >= 15 is 0 Å². The number of benzene rings is 1. The molecule has 1 saturated heterocycles. The van der Waals surface area contributed by atoms with Crippen LogP contribution in [0.5, 0.6) is 0 Å². The Morgan fingerprint density at radius 2 is 2.17 bits per heavy atom. The molecule has 2 rings (SSSR count). The number of amides is 2. The van der Waals surface area contributed by atoms with Crippen LogP contribution in [0.25, 0.3) is 0 Å². The monoisotopic (exact) mass is 246 g/mol. The zero-order chi connectivity index (χ0) is 12.8. The van der Waals surface area contributed by atoms with Crippen LogP contribution < -0.4 is 5.32 Å². The van der Waals surface area contributed by atoms with E-state index in [1.54, 1.807) is 0 Å². The van der Waals surface area contributed by atoms with Crippen molar-refractivity contribution < 1.29 is 4.79 Å². The number of nitrogens with one attached hydrogen (secondary N) is 1. The highest BCUT2D eigenvalue weighted by Crippen LogP contribution is 2.26. The number of urea groups is 1. The molecule has 0 bridgehead atoms. The SMILES string of the molecule is CCCCNC(=O)N1CCC(c2ccccc2)C1. The third kappa shape index (κ3) is 3.25. The van der Waals surface area contributed by atoms with E-state index in [0.29, 0.717) is 5.92 Å². The third-order valence-corrected chi connectivity index (χ3v) is 3.55. The number of nitrogens with zero attached hydrogens (tertiary/aromatic N) is 1. The molecule has 0 aromatic heterocycles. The van der Waals surface area contributed by atoms with Gasteiger partial charge in [-0.05, 0) is 18.4 Å². The van der Waals surface area contributed by atoms with Crippen molar-refractivity contribution in [3.8, 4) is 0 Å². The molecule has 3 nitrogen and oxygen atoms in total. The van der Waals surface area contributed by atoms with Crippen molar-refractivity contribution in [2.24, 2.45) is 0 Å². The van der Waals surface area contributed by atoms with Gasteiger partial charge in [-0.1, -0.05) is 43.7 Å². The minimum absolute atomic E-state index is 0.0990. The molecule has 0 spiro atoms. The fourth-order valence-corrected chi connectivity index (χ4v) is 2.43. The van der Waals surface area contributed by atoms with Gasteiger partial charge in [-0.15, -0.1) is 0 Å². The second kappa shape index (κ2) is 6.43. The summed E-state index contributed by atoms with van der Waals surface area (Å²) in [6.45, 7) is 4.65. The molecule has 0 saturated carbocycles. The molecule has 1 unspecified atom stereocenters. The fraction of sp³-hybridized carbons (Fsp3) is 0.533. The summed E-state index contributed by atoms with van der Waals surface area (Å²) in [4.78, 5) is 13.8. The van der Waals surface area contributed by atoms with E-state index < -0.39 is 0 Å². The molecule has 1 aliphatic heterocycles. The van der Waals surface area contributed by atoms with E-state index in [0.717, 1.165) is 38.9 Å². The number of carbonyl (C=O) groups excluding carboxylic acids is 1. The lowest BCUT2D eigenvalue weighted by Gasteiger charge is -2.17. The first-order valence-corrected chi connectivity index (χ1v) is 6.89. The molecule has 2 amide bonds. The van der Waals surface area contributed by atoms with Crippen molar-refractivity contribution >= 4 is 6.03 Å². The maximum atomic E-state index is 11.9. The van der Waals surface area contributed by atoms with Gasteiger partial charge in [0, 0.05) is 25.6 Å². The second-order valence-corrected chi connectivity index (χ2v) is 4.93. The highest BCUT2D eigenvalue weighted by molar-refractivity contribution is 5.74. The van der Waals surface area contributed by atoms with Crippen molar-refractivity contribution in [2.75, 3.05) is 19.6 Å². The van der Waals surface area contributed by atoms with Gasteiger partial charge in [0.1, 0.15) is 0 Å². The lowest BCUT2D eigenvalue weighted by molar-refractivity contribution is 0.208. The number of unbranched alkanes of at least 4 members (excludes halogenated alkanes) is 1. The van der Waals surface area contributed by atoms with E-state index in [-0.39, 0.29) is 6.03 Å². The summed E-state index contributed by atoms with van der Waals surface area (Å²) in [5.74, 6) is 0.503. The molecule has 3 heteroatoms. The lowest BCUT2D eigenvalue weighted by atomic mass is 9.99. The van der Waals surface area contributed by atoms with E-state index in [2.05, 4.69) is 36.5 Å². The summed E-state index contributed by atoms with van der Waals surface area (Å²) in [7, 11) is 0. The van der Waals surface area contributed by atoms with Gasteiger partial charge in [0.15, 0.2) is 0 Å². The predicted molar refractivity (Wildman–Crippen MR) is 73.7 cm³/mol. The van der Waals surface area contributed by atoms with Crippen molar-refractivity contribution in [3.63, 3.8) is 0 Å². The fourth-order valence-electron chi connectivity index (χ4n) is 2.43. The van der Waals surface area contributed by atoms with Crippen LogP contribution in [0.1, 0.15) is 37.7 Å². The van der Waals surface area contributed by atoms with Gasteiger partial charge >= 0.3 is 6.03 Å². The summed E-state index contributed by atoms with van der Waals surface area (Å²) in [6.07, 6.45) is 3.25. The Balaban J connectivity index is 1.83. The number of rotatable bonds is 4. The smallest absolute Gasteiger partial charge is 0.317 e. The first-order valence-electron chi connectivity index (χ1n) is 6.89. The van der Waals surface area contributed by atoms with Gasteiger partial charge in [-0.2, -0.15) is 0 Å². The highest BCUT2D eigenvalue weighted by Gasteiger charge is 2.26. The Labute approximate surface area is 109 Å². The summed E-state index contributed by atoms with van der Waals surface area (Å²) < 4.78 is 0. The van der Waals surface area contributed by atoms with Gasteiger partial charge < -0.3 is 10.2 Å². The van der Waals surface area contributed by atoms with Crippen LogP contribution in [0.4, 0.5) is 4.79 Å². The minimum atomic E-state index is 0.0990. The number of hydrogen-bond donors (Lipinski definition) is 1. The van der Waals surface area contributed by atoms with Crippen LogP contribution in [0.15, 0.2) is 30.3 Å². The highest BCUT2D eigenvalue weighted by atomic mass is 16.2. The average molecular weight is 246 g/mol. The molecule has 98 valence electrons. The quantitative estimate of drug-likeness (QED) is 0.814. The van der Waals surface area contributed by atoms with E-state index in [1.165, 1.54) is 5.56 Å². The molecule has 1 fully saturated rings. The zero-order valence-electron chi connectivity index (χ0n) is 11.1. The van der Waals surface area contributed by atoms with Crippen LogP contribution in [0.3, 0.4) is 0 Å². The Morgan fingerprint density at radius 1 is 1.39 bits per heavy atom. The number of likely N-dealkylation sites (tertiary alicyclic amines) is 1. The lowest BCUT2D eigenvalue weighted by Crippen LogP contribution is -2.38. The molecular weight excluding hydrogens is 224 g/mol. The first kappa shape index (κ1) is 12.9. The molecule has 1 aromatic carbocycles. The Hall–Kier alpha value is -1.51. The van der Waals surface area contributed by atoms with Crippen molar-refractivity contribution in [1.29, 1.82) is 0 Å². The van der Waals surface area contributed by atoms with Gasteiger partial charge in [0.05, 0.1) is 0 Å². The van der Waals surface area contributed by atoms with Gasteiger partial charge in [0.25, 0.3) is 0 Å². The third-order valence-electron chi connectivity index (χ3n) is 3.55. The Kier molecular flexibility index (Phi) is 4.62. The largest absolute Gasteiger partial charge is 0.338 e. The molecule has 0 aliphatic carbocycles. The van der Waals surface area contributed by atoms with Gasteiger partial charge in [-0.25, -0.2) is 4.79 Å². The van der Waals surface area contributed by atoms with Crippen LogP contribution in [0.2, 0.25) is 0 Å². The molecule has 18 heavy (non-hydrogen) atoms. The van der Waals surface area contributed by atoms with Crippen LogP contribution in [-0.2, 0) is 0 Å². The second-order valence-electron chi connectivity index (χ2n) is 4.93. The molecule has 1 atom stereocenters. The van der Waals surface area contributed by atoms with Crippen molar-refractivity contribution in [3.05, 3.63) is 35.9 Å². The first-order chi connectivity index (χ1) is 8.81. The molecule has 0 radical (unpaired) electrons. The molecule has 1 aliphatic rings. The van der Waals surface area contributed by atoms with Crippen LogP contribution >= 0.6 is 0 Å². The van der Waals surface area contributed by atoms with E-state index in [4.69, 9.17) is 0 Å². The summed E-state index contributed by atoms with van der Waals surface area (Å²) in [6, 6.07) is 10.6. The molecule has 1 aromatic rings. The number of hydrogen-bond acceptors (Lipinski definition) is 1. The standard InChI is InChI=1S/C15H22N2O/c1-2-3-10-16-15(18)17-11-9-14(12-17)13-7-5-4-6-8-13/h4-8,14H,2-3,9-12H2,1H3,(H,16,18). The summed E-state index contributed by atoms with van der Waals surface area (Å²) >= 11 is 0. The normalized spacial score (nSPS) is 18.9. The summed E-state index contributed by atoms with van der Waals surface area (Å²) in [5.41, 5.74) is 1.35. The minimum Gasteiger partial charge on any atom is -0.338 e. The maximum Gasteiger partial charge on any atom is 0.317 e. The topological polar surface area (TPSA) is 32.3 Å². The Morgan fingerprint density at radius 3 is 2.89 bits per heavy atom. The van der Waals surface area contributed by atoms with Crippen molar-refractivity contribution in [2.45, 2.75) is 32.1 Å². The van der Waals surface area contributed by atoms with Gasteiger partial charge in [0.2, 0.25) is 0 Å². The Bertz CT molecular complexity index is 377. The van der Waals surface area contributed by atoms with E-state index in [9.17, 15) is 4.79 Å². The average Bonchev–Trinajstić information content (AvgIpc) is 2.89. The summed E-state index contributed by atoms with van der Waals surface area (Å²) in [5, 5.41) is 2.98. The molecular formula is C15H22N2O. The van der Waals surface area contributed by atoms with Crippen LogP contribution in [-0.4, -0.2) is 30.6 Å². The van der Waals surface area contributed by atoms with Crippen LogP contribution in [0, 0.1) is 0 Å². The van der Waals surface area contributed by atoms with Gasteiger partial charge in [-0.3, -0.25) is 0 Å². The maximum absolute atomic E-state index is 11.9. The number of carbonyl (C=O) groups is 1. The molecule has 1 N–H and O–H groups in total. The predicted octanol–water partition coefficient (Wildman–Crippen LogP) is 2.99. The van der Waals surface area contributed by atoms with E-state index in [1.807, 2.05) is 11.0 Å². The van der Waals surface area contributed by atoms with Crippen molar-refractivity contribution in [1.82, 2.24) is 10.2 Å². The molecule has 1 heterocycles.